The van der Waals surface area contributed by atoms with Gasteiger partial charge in [-0.15, -0.1) is 0 Å². The number of benzene rings is 1. The Morgan fingerprint density at radius 3 is 2.44 bits per heavy atom. The van der Waals surface area contributed by atoms with Crippen LogP contribution in [0.5, 0.6) is 0 Å². The van der Waals surface area contributed by atoms with Gasteiger partial charge < -0.3 is 10.2 Å². The van der Waals surface area contributed by atoms with Crippen molar-refractivity contribution in [2.24, 2.45) is 0 Å². The summed E-state index contributed by atoms with van der Waals surface area (Å²) in [5, 5.41) is 3.07. The van der Waals surface area contributed by atoms with E-state index in [1.54, 1.807) is 0 Å². The molecule has 1 atom stereocenters. The Kier molecular flexibility index (Phi) is 7.35. The van der Waals surface area contributed by atoms with Gasteiger partial charge in [0.1, 0.15) is 0 Å². The molecule has 7 heteroatoms. The van der Waals surface area contributed by atoms with Crippen LogP contribution in [0.3, 0.4) is 0 Å². The maximum absolute atomic E-state index is 13.4. The normalized spacial score (nSPS) is 21.8. The zero-order chi connectivity index (χ0) is 22.5. The standard InChI is InChI=1S/C25H35N5O2/c1-18-19(2)28-23-16-20(9-10-22(23)27-18)25(32)30-14-6-5-13-29-12-4-3-8-21(29)17-24(31)26-11-7-15-30/h9-10,16,21H,3-8,11-15,17H2,1-2H3,(H,26,31). The van der Waals surface area contributed by atoms with E-state index >= 15 is 0 Å². The average molecular weight is 438 g/mol. The predicted molar refractivity (Wildman–Crippen MR) is 126 cm³/mol. The summed E-state index contributed by atoms with van der Waals surface area (Å²) in [6.07, 6.45) is 6.92. The molecule has 2 aromatic rings. The highest BCUT2D eigenvalue weighted by atomic mass is 16.2. The van der Waals surface area contributed by atoms with E-state index in [0.29, 0.717) is 31.1 Å². The van der Waals surface area contributed by atoms with Crippen molar-refractivity contribution in [3.8, 4) is 0 Å². The fraction of sp³-hybridized carbons (Fsp3) is 0.600. The number of amides is 2. The quantitative estimate of drug-likeness (QED) is 0.741. The summed E-state index contributed by atoms with van der Waals surface area (Å²) in [5.41, 5.74) is 4.02. The second-order valence-electron chi connectivity index (χ2n) is 9.19. The van der Waals surface area contributed by atoms with Gasteiger partial charge in [-0.25, -0.2) is 9.97 Å². The minimum atomic E-state index is 0.0315. The molecule has 2 amide bonds. The molecule has 1 N–H and O–H groups in total. The molecule has 2 fully saturated rings. The number of aromatic nitrogens is 2. The molecule has 7 nitrogen and oxygen atoms in total. The molecule has 1 unspecified atom stereocenters. The van der Waals surface area contributed by atoms with Crippen LogP contribution in [0.1, 0.15) is 66.7 Å². The van der Waals surface area contributed by atoms with Gasteiger partial charge in [-0.1, -0.05) is 6.42 Å². The summed E-state index contributed by atoms with van der Waals surface area (Å²) in [6.45, 7) is 7.96. The van der Waals surface area contributed by atoms with Crippen LogP contribution in [0, 0.1) is 13.8 Å². The Hall–Kier alpha value is -2.54. The summed E-state index contributed by atoms with van der Waals surface area (Å²) in [6, 6.07) is 5.97. The maximum atomic E-state index is 13.4. The molecule has 0 aliphatic carbocycles. The van der Waals surface area contributed by atoms with Crippen molar-refractivity contribution in [1.82, 2.24) is 25.1 Å². The lowest BCUT2D eigenvalue weighted by atomic mass is 9.98. The van der Waals surface area contributed by atoms with E-state index < -0.39 is 0 Å². The zero-order valence-electron chi connectivity index (χ0n) is 19.4. The SMILES string of the molecule is Cc1nc2ccc(C(=O)N3CCCCN4CCCCC4CC(=O)NCCC3)cc2nc1C. The van der Waals surface area contributed by atoms with Crippen LogP contribution in [-0.2, 0) is 4.79 Å². The second-order valence-corrected chi connectivity index (χ2v) is 9.19. The maximum Gasteiger partial charge on any atom is 0.253 e. The molecular weight excluding hydrogens is 402 g/mol. The third-order valence-corrected chi connectivity index (χ3v) is 6.83. The number of aryl methyl sites for hydroxylation is 2. The van der Waals surface area contributed by atoms with Crippen LogP contribution >= 0.6 is 0 Å². The van der Waals surface area contributed by atoms with E-state index in [1.807, 2.05) is 36.9 Å². The Labute approximate surface area is 190 Å². The molecule has 2 aliphatic heterocycles. The number of carbonyl (C=O) groups is 2. The van der Waals surface area contributed by atoms with E-state index in [-0.39, 0.29) is 11.8 Å². The number of piperidine rings is 1. The molecule has 1 aromatic carbocycles. The number of nitrogens with one attached hydrogen (secondary N) is 1. The molecule has 1 aromatic heterocycles. The lowest BCUT2D eigenvalue weighted by Gasteiger charge is -2.35. The zero-order valence-corrected chi connectivity index (χ0v) is 19.4. The first-order valence-electron chi connectivity index (χ1n) is 12.1. The topological polar surface area (TPSA) is 78.4 Å². The molecule has 0 radical (unpaired) electrons. The van der Waals surface area contributed by atoms with Gasteiger partial charge in [-0.2, -0.15) is 0 Å². The molecule has 0 saturated carbocycles. The molecule has 4 rings (SSSR count). The van der Waals surface area contributed by atoms with E-state index in [0.717, 1.165) is 67.7 Å². The number of hydrogen-bond donors (Lipinski definition) is 1. The third kappa shape index (κ3) is 5.44. The number of hydrogen-bond acceptors (Lipinski definition) is 5. The van der Waals surface area contributed by atoms with Crippen LogP contribution in [0.15, 0.2) is 18.2 Å². The van der Waals surface area contributed by atoms with Gasteiger partial charge in [0, 0.05) is 37.7 Å². The molecule has 2 aliphatic rings. The molecule has 172 valence electrons. The summed E-state index contributed by atoms with van der Waals surface area (Å²) in [5.74, 6) is 0.168. The highest BCUT2D eigenvalue weighted by Gasteiger charge is 2.25. The minimum Gasteiger partial charge on any atom is -0.356 e. The molecule has 3 heterocycles. The lowest BCUT2D eigenvalue weighted by Crippen LogP contribution is -2.43. The Balaban J connectivity index is 1.47. The van der Waals surface area contributed by atoms with E-state index in [9.17, 15) is 9.59 Å². The van der Waals surface area contributed by atoms with Crippen molar-refractivity contribution >= 4 is 22.8 Å². The molecule has 2 saturated heterocycles. The first-order chi connectivity index (χ1) is 15.5. The Morgan fingerprint density at radius 2 is 1.62 bits per heavy atom. The van der Waals surface area contributed by atoms with E-state index in [4.69, 9.17) is 0 Å². The van der Waals surface area contributed by atoms with Crippen LogP contribution in [0.4, 0.5) is 0 Å². The third-order valence-electron chi connectivity index (χ3n) is 6.83. The number of rotatable bonds is 1. The fourth-order valence-electron chi connectivity index (χ4n) is 4.85. The smallest absolute Gasteiger partial charge is 0.253 e. The summed E-state index contributed by atoms with van der Waals surface area (Å²) >= 11 is 0. The first-order valence-corrected chi connectivity index (χ1v) is 12.1. The molecular formula is C25H35N5O2. The summed E-state index contributed by atoms with van der Waals surface area (Å²) in [7, 11) is 0. The molecule has 0 bridgehead atoms. The largest absolute Gasteiger partial charge is 0.356 e. The van der Waals surface area contributed by atoms with E-state index in [2.05, 4.69) is 20.2 Å². The molecule has 0 spiro atoms. The van der Waals surface area contributed by atoms with Crippen molar-refractivity contribution in [3.63, 3.8) is 0 Å². The monoisotopic (exact) mass is 437 g/mol. The fourth-order valence-corrected chi connectivity index (χ4v) is 4.85. The van der Waals surface area contributed by atoms with Gasteiger partial charge in [-0.3, -0.25) is 14.5 Å². The molecule has 32 heavy (non-hydrogen) atoms. The lowest BCUT2D eigenvalue weighted by molar-refractivity contribution is -0.122. The predicted octanol–water partition coefficient (Wildman–Crippen LogP) is 3.23. The van der Waals surface area contributed by atoms with Crippen molar-refractivity contribution < 1.29 is 9.59 Å². The summed E-state index contributed by atoms with van der Waals surface area (Å²) < 4.78 is 0. The number of nitrogens with zero attached hydrogens (tertiary/aromatic N) is 4. The Morgan fingerprint density at radius 1 is 0.938 bits per heavy atom. The average Bonchev–Trinajstić information content (AvgIpc) is 2.80. The van der Waals surface area contributed by atoms with Crippen molar-refractivity contribution in [2.45, 2.75) is 64.8 Å². The van der Waals surface area contributed by atoms with Gasteiger partial charge in [-0.05, 0) is 77.2 Å². The van der Waals surface area contributed by atoms with Gasteiger partial charge in [0.05, 0.1) is 22.4 Å². The second kappa shape index (κ2) is 10.4. The van der Waals surface area contributed by atoms with Crippen LogP contribution < -0.4 is 5.32 Å². The van der Waals surface area contributed by atoms with Gasteiger partial charge in [0.2, 0.25) is 5.91 Å². The van der Waals surface area contributed by atoms with Crippen LogP contribution in [0.2, 0.25) is 0 Å². The highest BCUT2D eigenvalue weighted by molar-refractivity contribution is 5.97. The van der Waals surface area contributed by atoms with Gasteiger partial charge in [0.15, 0.2) is 0 Å². The first kappa shape index (κ1) is 22.6. The van der Waals surface area contributed by atoms with Crippen LogP contribution in [-0.4, -0.2) is 70.3 Å². The van der Waals surface area contributed by atoms with Gasteiger partial charge in [0.25, 0.3) is 5.91 Å². The summed E-state index contributed by atoms with van der Waals surface area (Å²) in [4.78, 5) is 39.4. The van der Waals surface area contributed by atoms with Crippen molar-refractivity contribution in [3.05, 3.63) is 35.2 Å². The van der Waals surface area contributed by atoms with E-state index in [1.165, 1.54) is 12.8 Å². The van der Waals surface area contributed by atoms with Crippen molar-refractivity contribution in [2.75, 3.05) is 32.7 Å². The number of carbonyl (C=O) groups excluding carboxylic acids is 2. The highest BCUT2D eigenvalue weighted by Crippen LogP contribution is 2.21. The van der Waals surface area contributed by atoms with Crippen molar-refractivity contribution in [1.29, 1.82) is 0 Å². The Bertz CT molecular complexity index is 976. The van der Waals surface area contributed by atoms with Gasteiger partial charge >= 0.3 is 0 Å². The minimum absolute atomic E-state index is 0.0315. The number of fused-ring (bicyclic) bond motifs is 2. The van der Waals surface area contributed by atoms with Crippen LogP contribution in [0.25, 0.3) is 11.0 Å².